The molecule has 5 heteroatoms. The maximum Gasteiger partial charge on any atom is 0.294 e. The van der Waals surface area contributed by atoms with E-state index in [0.717, 1.165) is 17.0 Å². The number of amides is 1. The molecule has 0 saturated heterocycles. The number of carbonyl (C=O) groups excluding carboxylic acids is 1. The first-order valence-electron chi connectivity index (χ1n) is 6.53. The summed E-state index contributed by atoms with van der Waals surface area (Å²) in [5.41, 5.74) is 1.84. The van der Waals surface area contributed by atoms with Gasteiger partial charge in [-0.25, -0.2) is 0 Å². The van der Waals surface area contributed by atoms with Crippen LogP contribution in [0.1, 0.15) is 21.9 Å². The zero-order chi connectivity index (χ0) is 14.7. The van der Waals surface area contributed by atoms with Crippen molar-refractivity contribution in [3.8, 4) is 0 Å². The minimum atomic E-state index is -0.165. The summed E-state index contributed by atoms with van der Waals surface area (Å²) >= 11 is 1.61. The molecular weight excluding hydrogens is 284 g/mol. The summed E-state index contributed by atoms with van der Waals surface area (Å²) < 4.78 is 5.46. The lowest BCUT2D eigenvalue weighted by Gasteiger charge is -2.21. The number of pyridine rings is 1. The van der Waals surface area contributed by atoms with Crippen molar-refractivity contribution < 1.29 is 9.21 Å². The van der Waals surface area contributed by atoms with Crippen LogP contribution in [0.15, 0.2) is 57.9 Å². The molecular formula is C16H14N2O2S. The van der Waals surface area contributed by atoms with Gasteiger partial charge in [-0.2, -0.15) is 11.3 Å². The lowest BCUT2D eigenvalue weighted by molar-refractivity contribution is 0.0957. The van der Waals surface area contributed by atoms with Crippen LogP contribution in [0.25, 0.3) is 0 Å². The summed E-state index contributed by atoms with van der Waals surface area (Å²) in [7, 11) is 0. The summed E-state index contributed by atoms with van der Waals surface area (Å²) in [5, 5.41) is 4.03. The van der Waals surface area contributed by atoms with Crippen LogP contribution in [-0.2, 0) is 6.54 Å². The van der Waals surface area contributed by atoms with Crippen LogP contribution in [0.2, 0.25) is 0 Å². The Kier molecular flexibility index (Phi) is 3.83. The largest absolute Gasteiger partial charge is 0.456 e. The maximum atomic E-state index is 12.7. The van der Waals surface area contributed by atoms with Crippen molar-refractivity contribution in [2.75, 3.05) is 4.90 Å². The van der Waals surface area contributed by atoms with Crippen LogP contribution in [0.4, 0.5) is 5.69 Å². The molecule has 0 fully saturated rings. The van der Waals surface area contributed by atoms with Crippen LogP contribution in [0.3, 0.4) is 0 Å². The predicted molar refractivity (Wildman–Crippen MR) is 82.5 cm³/mol. The summed E-state index contributed by atoms with van der Waals surface area (Å²) in [6, 6.07) is 9.19. The first-order valence-corrected chi connectivity index (χ1v) is 7.48. The van der Waals surface area contributed by atoms with E-state index in [4.69, 9.17) is 4.42 Å². The molecule has 0 aromatic carbocycles. The number of aryl methyl sites for hydroxylation is 1. The van der Waals surface area contributed by atoms with Crippen LogP contribution in [0, 0.1) is 6.92 Å². The zero-order valence-corrected chi connectivity index (χ0v) is 12.3. The number of hydrogen-bond acceptors (Lipinski definition) is 4. The molecule has 0 spiro atoms. The Morgan fingerprint density at radius 3 is 2.86 bits per heavy atom. The molecule has 0 unspecified atom stereocenters. The van der Waals surface area contributed by atoms with Crippen molar-refractivity contribution in [3.63, 3.8) is 0 Å². The van der Waals surface area contributed by atoms with Gasteiger partial charge >= 0.3 is 0 Å². The highest BCUT2D eigenvalue weighted by molar-refractivity contribution is 7.07. The third-order valence-electron chi connectivity index (χ3n) is 3.07. The Hall–Kier alpha value is -2.40. The summed E-state index contributed by atoms with van der Waals surface area (Å²) in [6.07, 6.45) is 3.37. The topological polar surface area (TPSA) is 46.3 Å². The van der Waals surface area contributed by atoms with Crippen molar-refractivity contribution in [2.24, 2.45) is 0 Å². The van der Waals surface area contributed by atoms with Crippen LogP contribution >= 0.6 is 11.3 Å². The van der Waals surface area contributed by atoms with E-state index in [1.807, 2.05) is 35.9 Å². The first-order chi connectivity index (χ1) is 10.2. The Morgan fingerprint density at radius 1 is 1.33 bits per heavy atom. The Bertz CT molecular complexity index is 720. The van der Waals surface area contributed by atoms with Gasteiger partial charge in [0.05, 0.1) is 18.4 Å². The average Bonchev–Trinajstić information content (AvgIpc) is 3.16. The highest BCUT2D eigenvalue weighted by Gasteiger charge is 2.21. The molecule has 0 atom stereocenters. The van der Waals surface area contributed by atoms with Crippen molar-refractivity contribution in [1.29, 1.82) is 0 Å². The molecule has 0 aliphatic carbocycles. The minimum absolute atomic E-state index is 0.165. The van der Waals surface area contributed by atoms with Gasteiger partial charge in [-0.3, -0.25) is 14.7 Å². The lowest BCUT2D eigenvalue weighted by Crippen LogP contribution is -2.30. The van der Waals surface area contributed by atoms with Crippen molar-refractivity contribution in [1.82, 2.24) is 4.98 Å². The number of rotatable bonds is 4. The summed E-state index contributed by atoms with van der Waals surface area (Å²) in [4.78, 5) is 18.5. The number of nitrogens with zero attached hydrogens (tertiary/aromatic N) is 2. The fourth-order valence-electron chi connectivity index (χ4n) is 2.04. The van der Waals surface area contributed by atoms with E-state index in [2.05, 4.69) is 4.98 Å². The van der Waals surface area contributed by atoms with Crippen molar-refractivity contribution >= 4 is 22.9 Å². The van der Waals surface area contributed by atoms with Crippen LogP contribution < -0.4 is 4.90 Å². The SMILES string of the molecule is Cc1ccc(C(=O)N(Cc2ccsc2)c2cccnc2)o1. The third kappa shape index (κ3) is 3.03. The molecule has 3 heterocycles. The zero-order valence-electron chi connectivity index (χ0n) is 11.5. The van der Waals surface area contributed by atoms with E-state index in [-0.39, 0.29) is 5.91 Å². The summed E-state index contributed by atoms with van der Waals surface area (Å²) in [6.45, 7) is 2.32. The Morgan fingerprint density at radius 2 is 2.24 bits per heavy atom. The Labute approximate surface area is 126 Å². The molecule has 0 aliphatic heterocycles. The van der Waals surface area contributed by atoms with Gasteiger partial charge in [-0.05, 0) is 53.6 Å². The van der Waals surface area contributed by atoms with E-state index in [1.165, 1.54) is 0 Å². The van der Waals surface area contributed by atoms with Gasteiger partial charge in [0.2, 0.25) is 0 Å². The van der Waals surface area contributed by atoms with Crippen LogP contribution in [0.5, 0.6) is 0 Å². The van der Waals surface area contributed by atoms with E-state index in [9.17, 15) is 4.79 Å². The highest BCUT2D eigenvalue weighted by Crippen LogP contribution is 2.21. The number of anilines is 1. The predicted octanol–water partition coefficient (Wildman–Crippen LogP) is 3.89. The second-order valence-corrected chi connectivity index (χ2v) is 5.42. The second-order valence-electron chi connectivity index (χ2n) is 4.64. The molecule has 0 aliphatic rings. The average molecular weight is 298 g/mol. The molecule has 3 aromatic heterocycles. The molecule has 0 bridgehead atoms. The molecule has 3 rings (SSSR count). The second kappa shape index (κ2) is 5.93. The number of thiophene rings is 1. The molecule has 106 valence electrons. The third-order valence-corrected chi connectivity index (χ3v) is 3.81. The quantitative estimate of drug-likeness (QED) is 0.734. The highest BCUT2D eigenvalue weighted by atomic mass is 32.1. The van der Waals surface area contributed by atoms with E-state index < -0.39 is 0 Å². The van der Waals surface area contributed by atoms with Crippen molar-refractivity contribution in [2.45, 2.75) is 13.5 Å². The normalized spacial score (nSPS) is 10.5. The number of furan rings is 1. The molecule has 21 heavy (non-hydrogen) atoms. The lowest BCUT2D eigenvalue weighted by atomic mass is 10.2. The Balaban J connectivity index is 1.94. The maximum absolute atomic E-state index is 12.7. The molecule has 1 amide bonds. The summed E-state index contributed by atoms with van der Waals surface area (Å²) in [5.74, 6) is 0.897. The molecule has 0 N–H and O–H groups in total. The van der Waals surface area contributed by atoms with Gasteiger partial charge in [0.15, 0.2) is 5.76 Å². The van der Waals surface area contributed by atoms with E-state index >= 15 is 0 Å². The molecule has 3 aromatic rings. The molecule has 0 radical (unpaired) electrons. The standard InChI is InChI=1S/C16H14N2O2S/c1-12-4-5-15(20-12)16(19)18(10-13-6-8-21-11-13)14-3-2-7-17-9-14/h2-9,11H,10H2,1H3. The van der Waals surface area contributed by atoms with Gasteiger partial charge in [0.1, 0.15) is 5.76 Å². The smallest absolute Gasteiger partial charge is 0.294 e. The van der Waals surface area contributed by atoms with Gasteiger partial charge in [0.25, 0.3) is 5.91 Å². The molecule has 4 nitrogen and oxygen atoms in total. The number of carbonyl (C=O) groups is 1. The first kappa shape index (κ1) is 13.6. The van der Waals surface area contributed by atoms with Crippen molar-refractivity contribution in [3.05, 3.63) is 70.6 Å². The van der Waals surface area contributed by atoms with Crippen LogP contribution in [-0.4, -0.2) is 10.9 Å². The van der Waals surface area contributed by atoms with E-state index in [1.54, 1.807) is 40.8 Å². The van der Waals surface area contributed by atoms with Gasteiger partial charge in [0, 0.05) is 6.20 Å². The monoisotopic (exact) mass is 298 g/mol. The molecule has 0 saturated carbocycles. The number of aromatic nitrogens is 1. The fourth-order valence-corrected chi connectivity index (χ4v) is 2.70. The van der Waals surface area contributed by atoms with Gasteiger partial charge < -0.3 is 4.42 Å². The number of hydrogen-bond donors (Lipinski definition) is 0. The fraction of sp³-hybridized carbons (Fsp3) is 0.125. The van der Waals surface area contributed by atoms with Gasteiger partial charge in [-0.1, -0.05) is 0 Å². The van der Waals surface area contributed by atoms with Gasteiger partial charge in [-0.15, -0.1) is 0 Å². The minimum Gasteiger partial charge on any atom is -0.456 e. The van der Waals surface area contributed by atoms with E-state index in [0.29, 0.717) is 12.3 Å².